The van der Waals surface area contributed by atoms with Crippen molar-refractivity contribution in [3.63, 3.8) is 0 Å². The van der Waals surface area contributed by atoms with Gasteiger partial charge in [0.05, 0.1) is 12.2 Å². The van der Waals surface area contributed by atoms with Crippen molar-refractivity contribution in [3.8, 4) is 0 Å². The Labute approximate surface area is 85.5 Å². The van der Waals surface area contributed by atoms with Gasteiger partial charge >= 0.3 is 0 Å². The summed E-state index contributed by atoms with van der Waals surface area (Å²) in [7, 11) is 0. The zero-order valence-corrected chi connectivity index (χ0v) is 9.14. The Hall–Kier alpha value is -0.120. The molecule has 0 radical (unpaired) electrons. The molecule has 0 aromatic rings. The molecule has 1 aliphatic carbocycles. The molecule has 3 heteroatoms. The quantitative estimate of drug-likeness (QED) is 0.607. The summed E-state index contributed by atoms with van der Waals surface area (Å²) in [6.07, 6.45) is 2.72. The molecule has 0 bridgehead atoms. The second-order valence-corrected chi connectivity index (χ2v) is 5.91. The molecule has 14 heavy (non-hydrogen) atoms. The normalized spacial score (nSPS) is 39.4. The standard InChI is InChI=1S/C11H21NO2/c1-9(2)3-4-11(14,5-9)10(8-13)6-12-7-10/h12-14H,3-8H2,1-2H3. The van der Waals surface area contributed by atoms with Crippen LogP contribution in [0.3, 0.4) is 0 Å². The highest BCUT2D eigenvalue weighted by atomic mass is 16.3. The summed E-state index contributed by atoms with van der Waals surface area (Å²) in [5, 5.41) is 23.2. The van der Waals surface area contributed by atoms with E-state index in [1.54, 1.807) is 0 Å². The number of hydrogen-bond acceptors (Lipinski definition) is 3. The molecule has 0 aromatic heterocycles. The van der Waals surface area contributed by atoms with Crippen molar-refractivity contribution in [3.05, 3.63) is 0 Å². The molecule has 1 saturated heterocycles. The predicted octanol–water partition coefficient (Wildman–Crippen LogP) is 0.509. The van der Waals surface area contributed by atoms with E-state index in [4.69, 9.17) is 0 Å². The summed E-state index contributed by atoms with van der Waals surface area (Å²) < 4.78 is 0. The molecule has 0 spiro atoms. The molecule has 3 nitrogen and oxygen atoms in total. The van der Waals surface area contributed by atoms with Crippen LogP contribution in [-0.2, 0) is 0 Å². The SMILES string of the molecule is CC1(C)CCC(O)(C2(CO)CNC2)C1. The molecular weight excluding hydrogens is 178 g/mol. The highest BCUT2D eigenvalue weighted by Crippen LogP contribution is 2.52. The van der Waals surface area contributed by atoms with Crippen molar-refractivity contribution in [2.24, 2.45) is 10.8 Å². The number of aliphatic hydroxyl groups excluding tert-OH is 1. The van der Waals surface area contributed by atoms with Crippen LogP contribution in [-0.4, -0.2) is 35.5 Å². The van der Waals surface area contributed by atoms with E-state index < -0.39 is 5.60 Å². The van der Waals surface area contributed by atoms with Crippen molar-refractivity contribution in [2.45, 2.75) is 38.7 Å². The van der Waals surface area contributed by atoms with Crippen molar-refractivity contribution >= 4 is 0 Å². The van der Waals surface area contributed by atoms with Gasteiger partial charge in [0.2, 0.25) is 0 Å². The zero-order chi connectivity index (χ0) is 10.4. The summed E-state index contributed by atoms with van der Waals surface area (Å²) in [6.45, 7) is 6.02. The van der Waals surface area contributed by atoms with Gasteiger partial charge in [-0.05, 0) is 24.7 Å². The van der Waals surface area contributed by atoms with Crippen molar-refractivity contribution < 1.29 is 10.2 Å². The summed E-state index contributed by atoms with van der Waals surface area (Å²) in [5.41, 5.74) is -0.677. The first kappa shape index (κ1) is 10.4. The van der Waals surface area contributed by atoms with Crippen LogP contribution in [0.25, 0.3) is 0 Å². The van der Waals surface area contributed by atoms with Crippen LogP contribution in [0.2, 0.25) is 0 Å². The maximum atomic E-state index is 10.6. The van der Waals surface area contributed by atoms with Crippen LogP contribution in [0.5, 0.6) is 0 Å². The van der Waals surface area contributed by atoms with Crippen molar-refractivity contribution in [1.82, 2.24) is 5.32 Å². The summed E-state index contributed by atoms with van der Waals surface area (Å²) in [6, 6.07) is 0. The second-order valence-electron chi connectivity index (χ2n) is 5.91. The molecule has 2 rings (SSSR count). The Morgan fingerprint density at radius 2 is 1.86 bits per heavy atom. The zero-order valence-electron chi connectivity index (χ0n) is 9.14. The molecular formula is C11H21NO2. The van der Waals surface area contributed by atoms with Gasteiger partial charge in [-0.15, -0.1) is 0 Å². The van der Waals surface area contributed by atoms with Crippen molar-refractivity contribution in [1.29, 1.82) is 0 Å². The first-order valence-electron chi connectivity index (χ1n) is 5.47. The fourth-order valence-corrected chi connectivity index (χ4v) is 2.98. The predicted molar refractivity (Wildman–Crippen MR) is 55.0 cm³/mol. The van der Waals surface area contributed by atoms with E-state index in [1.807, 2.05) is 0 Å². The molecule has 1 heterocycles. The Morgan fingerprint density at radius 3 is 2.14 bits per heavy atom. The Bertz CT molecular complexity index is 230. The minimum atomic E-state index is -0.642. The molecule has 1 atom stereocenters. The first-order valence-corrected chi connectivity index (χ1v) is 5.47. The van der Waals surface area contributed by atoms with Gasteiger partial charge < -0.3 is 15.5 Å². The largest absolute Gasteiger partial charge is 0.396 e. The van der Waals surface area contributed by atoms with Crippen LogP contribution in [0, 0.1) is 10.8 Å². The second kappa shape index (κ2) is 2.94. The van der Waals surface area contributed by atoms with Crippen LogP contribution in [0.15, 0.2) is 0 Å². The summed E-state index contributed by atoms with van der Waals surface area (Å²) in [5.74, 6) is 0. The lowest BCUT2D eigenvalue weighted by atomic mass is 9.66. The number of rotatable bonds is 2. The monoisotopic (exact) mass is 199 g/mol. The Kier molecular flexibility index (Phi) is 2.18. The number of hydrogen-bond donors (Lipinski definition) is 3. The van der Waals surface area contributed by atoms with E-state index in [0.717, 1.165) is 32.4 Å². The maximum Gasteiger partial charge on any atom is 0.0755 e. The van der Waals surface area contributed by atoms with Crippen molar-refractivity contribution in [2.75, 3.05) is 19.7 Å². The summed E-state index contributed by atoms with van der Waals surface area (Å²) in [4.78, 5) is 0. The molecule has 0 amide bonds. The van der Waals surface area contributed by atoms with E-state index >= 15 is 0 Å². The minimum Gasteiger partial charge on any atom is -0.396 e. The van der Waals surface area contributed by atoms with E-state index in [-0.39, 0.29) is 17.4 Å². The van der Waals surface area contributed by atoms with E-state index in [2.05, 4.69) is 19.2 Å². The van der Waals surface area contributed by atoms with Gasteiger partial charge in [-0.25, -0.2) is 0 Å². The lowest BCUT2D eigenvalue weighted by Gasteiger charge is -2.51. The van der Waals surface area contributed by atoms with Gasteiger partial charge in [0, 0.05) is 18.5 Å². The molecule has 1 saturated carbocycles. The third-order valence-electron chi connectivity index (χ3n) is 4.20. The van der Waals surface area contributed by atoms with Crippen LogP contribution in [0.4, 0.5) is 0 Å². The van der Waals surface area contributed by atoms with Gasteiger partial charge in [-0.2, -0.15) is 0 Å². The van der Waals surface area contributed by atoms with Gasteiger partial charge in [0.15, 0.2) is 0 Å². The molecule has 3 N–H and O–H groups in total. The third kappa shape index (κ3) is 1.30. The molecule has 2 aliphatic rings. The van der Waals surface area contributed by atoms with E-state index in [0.29, 0.717) is 0 Å². The van der Waals surface area contributed by atoms with E-state index in [1.165, 1.54) is 0 Å². The molecule has 82 valence electrons. The average molecular weight is 199 g/mol. The smallest absolute Gasteiger partial charge is 0.0755 e. The average Bonchev–Trinajstić information content (AvgIpc) is 2.25. The van der Waals surface area contributed by atoms with Crippen LogP contribution >= 0.6 is 0 Å². The van der Waals surface area contributed by atoms with E-state index in [9.17, 15) is 10.2 Å². The highest BCUT2D eigenvalue weighted by Gasteiger charge is 2.58. The topological polar surface area (TPSA) is 52.5 Å². The maximum absolute atomic E-state index is 10.6. The number of aliphatic hydroxyl groups is 2. The molecule has 0 aromatic carbocycles. The highest BCUT2D eigenvalue weighted by molar-refractivity contribution is 5.11. The van der Waals surface area contributed by atoms with Gasteiger partial charge in [-0.3, -0.25) is 0 Å². The molecule has 2 fully saturated rings. The minimum absolute atomic E-state index is 0.104. The van der Waals surface area contributed by atoms with Gasteiger partial charge in [-0.1, -0.05) is 13.8 Å². The van der Waals surface area contributed by atoms with Gasteiger partial charge in [0.25, 0.3) is 0 Å². The first-order chi connectivity index (χ1) is 6.43. The fourth-order valence-electron chi connectivity index (χ4n) is 2.98. The molecule has 1 aliphatic heterocycles. The van der Waals surface area contributed by atoms with Crippen LogP contribution < -0.4 is 5.32 Å². The van der Waals surface area contributed by atoms with Gasteiger partial charge in [0.1, 0.15) is 0 Å². The fraction of sp³-hybridized carbons (Fsp3) is 1.00. The Morgan fingerprint density at radius 1 is 1.21 bits per heavy atom. The third-order valence-corrected chi connectivity index (χ3v) is 4.20. The lowest BCUT2D eigenvalue weighted by Crippen LogP contribution is -2.67. The lowest BCUT2D eigenvalue weighted by molar-refractivity contribution is -0.135. The summed E-state index contributed by atoms with van der Waals surface area (Å²) >= 11 is 0. The molecule has 1 unspecified atom stereocenters. The Balaban J connectivity index is 2.17. The number of nitrogens with one attached hydrogen (secondary N) is 1. The van der Waals surface area contributed by atoms with Crippen LogP contribution in [0.1, 0.15) is 33.1 Å².